The van der Waals surface area contributed by atoms with Crippen molar-refractivity contribution in [2.24, 2.45) is 5.92 Å². The summed E-state index contributed by atoms with van der Waals surface area (Å²) in [5.41, 5.74) is 0. The van der Waals surface area contributed by atoms with E-state index in [1.54, 1.807) is 7.05 Å². The molecule has 0 aromatic heterocycles. The lowest BCUT2D eigenvalue weighted by atomic mass is 9.94. The van der Waals surface area contributed by atoms with Crippen molar-refractivity contribution in [3.05, 3.63) is 0 Å². The SMILES string of the molecule is CNC(=O)CN(C)CCC1CCNCC1. The van der Waals surface area contributed by atoms with Crippen molar-refractivity contribution < 1.29 is 4.79 Å². The number of carbonyl (C=O) groups excluding carboxylic acids is 1. The highest BCUT2D eigenvalue weighted by molar-refractivity contribution is 5.77. The van der Waals surface area contributed by atoms with E-state index in [0.717, 1.165) is 25.6 Å². The summed E-state index contributed by atoms with van der Waals surface area (Å²) in [7, 11) is 3.69. The molecule has 0 unspecified atom stereocenters. The summed E-state index contributed by atoms with van der Waals surface area (Å²) in [6, 6.07) is 0. The molecule has 0 aromatic carbocycles. The molecule has 1 amide bonds. The van der Waals surface area contributed by atoms with Crippen LogP contribution in [0.3, 0.4) is 0 Å². The Balaban J connectivity index is 2.09. The summed E-state index contributed by atoms with van der Waals surface area (Å²) in [5, 5.41) is 6.01. The first-order valence-corrected chi connectivity index (χ1v) is 5.82. The zero-order valence-corrected chi connectivity index (χ0v) is 9.88. The van der Waals surface area contributed by atoms with Gasteiger partial charge >= 0.3 is 0 Å². The number of carbonyl (C=O) groups is 1. The second-order valence-corrected chi connectivity index (χ2v) is 4.39. The Morgan fingerprint density at radius 3 is 2.73 bits per heavy atom. The molecule has 0 saturated carbocycles. The zero-order chi connectivity index (χ0) is 11.1. The molecule has 1 aliphatic heterocycles. The molecular weight excluding hydrogens is 190 g/mol. The van der Waals surface area contributed by atoms with Crippen molar-refractivity contribution in [2.75, 3.05) is 40.3 Å². The van der Waals surface area contributed by atoms with Crippen LogP contribution in [0.4, 0.5) is 0 Å². The Hall–Kier alpha value is -0.610. The van der Waals surface area contributed by atoms with Gasteiger partial charge in [-0.25, -0.2) is 0 Å². The highest BCUT2D eigenvalue weighted by Crippen LogP contribution is 2.15. The van der Waals surface area contributed by atoms with Gasteiger partial charge in [0.2, 0.25) is 5.91 Å². The zero-order valence-electron chi connectivity index (χ0n) is 9.88. The fourth-order valence-corrected chi connectivity index (χ4v) is 1.98. The molecule has 1 saturated heterocycles. The van der Waals surface area contributed by atoms with Crippen molar-refractivity contribution in [3.8, 4) is 0 Å². The lowest BCUT2D eigenvalue weighted by molar-refractivity contribution is -0.121. The highest BCUT2D eigenvalue weighted by atomic mass is 16.1. The Kier molecular flexibility index (Phi) is 5.65. The summed E-state index contributed by atoms with van der Waals surface area (Å²) in [4.78, 5) is 13.2. The summed E-state index contributed by atoms with van der Waals surface area (Å²) in [5.74, 6) is 0.946. The molecule has 0 atom stereocenters. The van der Waals surface area contributed by atoms with Crippen LogP contribution in [0.2, 0.25) is 0 Å². The molecule has 0 radical (unpaired) electrons. The van der Waals surface area contributed by atoms with Crippen LogP contribution < -0.4 is 10.6 Å². The molecule has 15 heavy (non-hydrogen) atoms. The third-order valence-electron chi connectivity index (χ3n) is 3.07. The van der Waals surface area contributed by atoms with Gasteiger partial charge in [-0.2, -0.15) is 0 Å². The van der Waals surface area contributed by atoms with E-state index in [4.69, 9.17) is 0 Å². The third kappa shape index (κ3) is 5.14. The fourth-order valence-electron chi connectivity index (χ4n) is 1.98. The molecule has 88 valence electrons. The summed E-state index contributed by atoms with van der Waals surface area (Å²) < 4.78 is 0. The molecule has 1 rings (SSSR count). The minimum Gasteiger partial charge on any atom is -0.358 e. The number of hydrogen-bond acceptors (Lipinski definition) is 3. The summed E-state index contributed by atoms with van der Waals surface area (Å²) in [6.07, 6.45) is 3.79. The van der Waals surface area contributed by atoms with Crippen molar-refractivity contribution in [1.29, 1.82) is 0 Å². The van der Waals surface area contributed by atoms with Crippen LogP contribution >= 0.6 is 0 Å². The first-order chi connectivity index (χ1) is 7.22. The molecule has 0 aromatic rings. The van der Waals surface area contributed by atoms with Gasteiger partial charge in [0.1, 0.15) is 0 Å². The Labute approximate surface area is 92.4 Å². The normalized spacial score (nSPS) is 18.1. The molecule has 1 aliphatic rings. The number of amides is 1. The van der Waals surface area contributed by atoms with Crippen LogP contribution in [0.5, 0.6) is 0 Å². The third-order valence-corrected chi connectivity index (χ3v) is 3.07. The molecule has 4 nitrogen and oxygen atoms in total. The quantitative estimate of drug-likeness (QED) is 0.678. The second kappa shape index (κ2) is 6.80. The van der Waals surface area contributed by atoms with Crippen LogP contribution in [-0.2, 0) is 4.79 Å². The van der Waals surface area contributed by atoms with E-state index in [-0.39, 0.29) is 5.91 Å². The predicted molar refractivity (Wildman–Crippen MR) is 61.8 cm³/mol. The largest absolute Gasteiger partial charge is 0.358 e. The van der Waals surface area contributed by atoms with Gasteiger partial charge in [0.05, 0.1) is 6.54 Å². The molecular formula is C11H23N3O. The van der Waals surface area contributed by atoms with Gasteiger partial charge in [-0.3, -0.25) is 9.69 Å². The van der Waals surface area contributed by atoms with Crippen LogP contribution in [0.25, 0.3) is 0 Å². The van der Waals surface area contributed by atoms with E-state index in [1.807, 2.05) is 7.05 Å². The molecule has 0 spiro atoms. The topological polar surface area (TPSA) is 44.4 Å². The number of hydrogen-bond donors (Lipinski definition) is 2. The van der Waals surface area contributed by atoms with Crippen LogP contribution in [0, 0.1) is 5.92 Å². The van der Waals surface area contributed by atoms with Gasteiger partial charge in [0, 0.05) is 7.05 Å². The average Bonchev–Trinajstić information content (AvgIpc) is 2.27. The van der Waals surface area contributed by atoms with E-state index in [1.165, 1.54) is 19.3 Å². The van der Waals surface area contributed by atoms with E-state index in [2.05, 4.69) is 15.5 Å². The van der Waals surface area contributed by atoms with Gasteiger partial charge in [0.15, 0.2) is 0 Å². The summed E-state index contributed by atoms with van der Waals surface area (Å²) in [6.45, 7) is 3.85. The van der Waals surface area contributed by atoms with Crippen molar-refractivity contribution >= 4 is 5.91 Å². The maximum absolute atomic E-state index is 11.1. The first kappa shape index (κ1) is 12.5. The van der Waals surface area contributed by atoms with Gasteiger partial charge in [-0.15, -0.1) is 0 Å². The van der Waals surface area contributed by atoms with Gasteiger partial charge in [-0.1, -0.05) is 0 Å². The van der Waals surface area contributed by atoms with Crippen LogP contribution in [0.15, 0.2) is 0 Å². The Morgan fingerprint density at radius 2 is 2.13 bits per heavy atom. The Bertz CT molecular complexity index is 190. The van der Waals surface area contributed by atoms with E-state index < -0.39 is 0 Å². The Morgan fingerprint density at radius 1 is 1.47 bits per heavy atom. The van der Waals surface area contributed by atoms with Crippen molar-refractivity contribution in [2.45, 2.75) is 19.3 Å². The average molecular weight is 213 g/mol. The molecule has 0 bridgehead atoms. The first-order valence-electron chi connectivity index (χ1n) is 5.82. The minimum atomic E-state index is 0.0998. The highest BCUT2D eigenvalue weighted by Gasteiger charge is 2.13. The maximum Gasteiger partial charge on any atom is 0.233 e. The lowest BCUT2D eigenvalue weighted by Gasteiger charge is -2.24. The summed E-state index contributed by atoms with van der Waals surface area (Å²) >= 11 is 0. The monoisotopic (exact) mass is 213 g/mol. The van der Waals surface area contributed by atoms with Gasteiger partial charge in [0.25, 0.3) is 0 Å². The number of nitrogens with one attached hydrogen (secondary N) is 2. The molecule has 1 heterocycles. The van der Waals surface area contributed by atoms with E-state index >= 15 is 0 Å². The van der Waals surface area contributed by atoms with Crippen molar-refractivity contribution in [3.63, 3.8) is 0 Å². The minimum absolute atomic E-state index is 0.0998. The van der Waals surface area contributed by atoms with Crippen molar-refractivity contribution in [1.82, 2.24) is 15.5 Å². The number of piperidine rings is 1. The number of likely N-dealkylation sites (N-methyl/N-ethyl adjacent to an activating group) is 2. The maximum atomic E-state index is 11.1. The van der Waals surface area contributed by atoms with Crippen LogP contribution in [0.1, 0.15) is 19.3 Å². The molecule has 2 N–H and O–H groups in total. The number of nitrogens with zero attached hydrogens (tertiary/aromatic N) is 1. The van der Waals surface area contributed by atoms with Gasteiger partial charge in [-0.05, 0) is 51.9 Å². The number of rotatable bonds is 5. The lowest BCUT2D eigenvalue weighted by Crippen LogP contribution is -2.35. The van der Waals surface area contributed by atoms with Gasteiger partial charge < -0.3 is 10.6 Å². The van der Waals surface area contributed by atoms with Crippen LogP contribution in [-0.4, -0.2) is 51.1 Å². The fraction of sp³-hybridized carbons (Fsp3) is 0.909. The smallest absolute Gasteiger partial charge is 0.233 e. The molecule has 0 aliphatic carbocycles. The predicted octanol–water partition coefficient (Wildman–Crippen LogP) is 0.0539. The molecule has 1 fully saturated rings. The standard InChI is InChI=1S/C11H23N3O/c1-12-11(15)9-14(2)8-5-10-3-6-13-7-4-10/h10,13H,3-9H2,1-2H3,(H,12,15). The second-order valence-electron chi connectivity index (χ2n) is 4.39. The molecule has 4 heteroatoms. The van der Waals surface area contributed by atoms with E-state index in [9.17, 15) is 4.79 Å². The van der Waals surface area contributed by atoms with E-state index in [0.29, 0.717) is 6.54 Å².